The molecule has 0 bridgehead atoms. The lowest BCUT2D eigenvalue weighted by Gasteiger charge is -2.25. The van der Waals surface area contributed by atoms with E-state index in [4.69, 9.17) is 0 Å². The molecule has 1 saturated heterocycles. The molecular weight excluding hydrogens is 324 g/mol. The second-order valence-electron chi connectivity index (χ2n) is 7.46. The van der Waals surface area contributed by atoms with Crippen molar-refractivity contribution in [1.29, 1.82) is 0 Å². The van der Waals surface area contributed by atoms with Gasteiger partial charge in [-0.05, 0) is 41.3 Å². The molecule has 0 radical (unpaired) electrons. The standard InChI is InChI=1S/C21H26N4O/c1-24-10-7-17-11-15(3-4-19(17)24)13-23-14-18-12-20(26)25(2)21(18)16-5-8-22-9-6-16/h3-6,8-9,11,18,21,23H,7,10,12-14H2,1-2H3/t18-,21-/m0/s1. The van der Waals surface area contributed by atoms with Crippen LogP contribution in [0, 0.1) is 5.92 Å². The van der Waals surface area contributed by atoms with Gasteiger partial charge in [-0.2, -0.15) is 0 Å². The quantitative estimate of drug-likeness (QED) is 0.899. The molecule has 0 saturated carbocycles. The second-order valence-corrected chi connectivity index (χ2v) is 7.46. The number of likely N-dealkylation sites (N-methyl/N-ethyl adjacent to an activating group) is 1. The van der Waals surface area contributed by atoms with Crippen molar-refractivity contribution in [1.82, 2.24) is 15.2 Å². The van der Waals surface area contributed by atoms with Gasteiger partial charge < -0.3 is 15.1 Å². The van der Waals surface area contributed by atoms with E-state index >= 15 is 0 Å². The highest BCUT2D eigenvalue weighted by Crippen LogP contribution is 2.36. The van der Waals surface area contributed by atoms with Crippen LogP contribution in [-0.2, 0) is 17.8 Å². The summed E-state index contributed by atoms with van der Waals surface area (Å²) in [6, 6.07) is 10.9. The number of benzene rings is 1. The molecule has 2 atom stereocenters. The molecule has 2 aromatic rings. The number of hydrogen-bond acceptors (Lipinski definition) is 4. The highest BCUT2D eigenvalue weighted by molar-refractivity contribution is 5.79. The Hall–Kier alpha value is -2.40. The first kappa shape index (κ1) is 17.0. The number of aromatic nitrogens is 1. The fourth-order valence-electron chi connectivity index (χ4n) is 4.32. The summed E-state index contributed by atoms with van der Waals surface area (Å²) in [5, 5.41) is 3.58. The van der Waals surface area contributed by atoms with E-state index in [2.05, 4.69) is 40.4 Å². The predicted molar refractivity (Wildman–Crippen MR) is 103 cm³/mol. The van der Waals surface area contributed by atoms with Gasteiger partial charge in [0.1, 0.15) is 0 Å². The van der Waals surface area contributed by atoms with E-state index in [1.807, 2.05) is 24.1 Å². The Morgan fingerprint density at radius 2 is 2.00 bits per heavy atom. The Balaban J connectivity index is 1.40. The highest BCUT2D eigenvalue weighted by Gasteiger charge is 2.37. The number of hydrogen-bond donors (Lipinski definition) is 1. The van der Waals surface area contributed by atoms with Crippen molar-refractivity contribution in [3.05, 3.63) is 59.4 Å². The van der Waals surface area contributed by atoms with Gasteiger partial charge in [-0.15, -0.1) is 0 Å². The zero-order valence-corrected chi connectivity index (χ0v) is 15.5. The van der Waals surface area contributed by atoms with Crippen molar-refractivity contribution in [3.8, 4) is 0 Å². The van der Waals surface area contributed by atoms with E-state index in [0.29, 0.717) is 6.42 Å². The summed E-state index contributed by atoms with van der Waals surface area (Å²) >= 11 is 0. The lowest BCUT2D eigenvalue weighted by molar-refractivity contribution is -0.127. The average Bonchev–Trinajstić information content (AvgIpc) is 3.16. The molecule has 1 N–H and O–H groups in total. The van der Waals surface area contributed by atoms with E-state index in [9.17, 15) is 4.79 Å². The molecule has 1 fully saturated rings. The number of pyridine rings is 1. The van der Waals surface area contributed by atoms with Crippen LogP contribution in [0.1, 0.15) is 29.2 Å². The fourth-order valence-corrected chi connectivity index (χ4v) is 4.32. The van der Waals surface area contributed by atoms with E-state index in [0.717, 1.165) is 26.1 Å². The van der Waals surface area contributed by atoms with Crippen LogP contribution in [0.5, 0.6) is 0 Å². The number of anilines is 1. The third kappa shape index (κ3) is 3.19. The number of carbonyl (C=O) groups excluding carboxylic acids is 1. The van der Waals surface area contributed by atoms with Crippen LogP contribution < -0.4 is 10.2 Å². The summed E-state index contributed by atoms with van der Waals surface area (Å²) in [6.45, 7) is 2.78. The van der Waals surface area contributed by atoms with Gasteiger partial charge in [-0.1, -0.05) is 12.1 Å². The highest BCUT2D eigenvalue weighted by atomic mass is 16.2. The minimum atomic E-state index is 0.131. The molecule has 5 nitrogen and oxygen atoms in total. The molecular formula is C21H26N4O. The van der Waals surface area contributed by atoms with Crippen LogP contribution in [0.4, 0.5) is 5.69 Å². The Morgan fingerprint density at radius 1 is 1.19 bits per heavy atom. The van der Waals surface area contributed by atoms with Crippen molar-refractivity contribution in [2.75, 3.05) is 32.1 Å². The second kappa shape index (κ2) is 7.08. The number of nitrogens with one attached hydrogen (secondary N) is 1. The maximum absolute atomic E-state index is 12.2. The Bertz CT molecular complexity index is 792. The number of nitrogens with zero attached hydrogens (tertiary/aromatic N) is 3. The maximum Gasteiger partial charge on any atom is 0.223 e. The first-order valence-electron chi connectivity index (χ1n) is 9.32. The first-order chi connectivity index (χ1) is 12.6. The van der Waals surface area contributed by atoms with Gasteiger partial charge in [0, 0.05) is 64.1 Å². The van der Waals surface area contributed by atoms with E-state index in [1.54, 1.807) is 12.4 Å². The third-order valence-electron chi connectivity index (χ3n) is 5.75. The molecule has 4 rings (SSSR count). The van der Waals surface area contributed by atoms with Crippen LogP contribution in [0.2, 0.25) is 0 Å². The van der Waals surface area contributed by atoms with Gasteiger partial charge in [0.15, 0.2) is 0 Å². The van der Waals surface area contributed by atoms with Gasteiger partial charge >= 0.3 is 0 Å². The molecule has 0 spiro atoms. The third-order valence-corrected chi connectivity index (χ3v) is 5.75. The molecule has 3 heterocycles. The molecule has 1 amide bonds. The smallest absolute Gasteiger partial charge is 0.223 e. The number of carbonyl (C=O) groups is 1. The SMILES string of the molecule is CN1CCc2cc(CNC[C@@H]3CC(=O)N(C)[C@H]3c3ccncc3)ccc21. The van der Waals surface area contributed by atoms with Gasteiger partial charge in [0.05, 0.1) is 6.04 Å². The van der Waals surface area contributed by atoms with Crippen molar-refractivity contribution < 1.29 is 4.79 Å². The minimum absolute atomic E-state index is 0.131. The molecule has 136 valence electrons. The summed E-state index contributed by atoms with van der Waals surface area (Å²) in [5.74, 6) is 0.509. The van der Waals surface area contributed by atoms with Crippen LogP contribution in [0.25, 0.3) is 0 Å². The fraction of sp³-hybridized carbons (Fsp3) is 0.429. The van der Waals surface area contributed by atoms with Crippen LogP contribution in [0.15, 0.2) is 42.7 Å². The molecule has 0 unspecified atom stereocenters. The van der Waals surface area contributed by atoms with Gasteiger partial charge in [0.25, 0.3) is 0 Å². The number of rotatable bonds is 5. The van der Waals surface area contributed by atoms with Crippen molar-refractivity contribution in [2.45, 2.75) is 25.4 Å². The Morgan fingerprint density at radius 3 is 2.81 bits per heavy atom. The summed E-state index contributed by atoms with van der Waals surface area (Å²) in [5.41, 5.74) is 5.28. The Kier molecular flexibility index (Phi) is 4.64. The Labute approximate surface area is 155 Å². The van der Waals surface area contributed by atoms with E-state index < -0.39 is 0 Å². The summed E-state index contributed by atoms with van der Waals surface area (Å²) in [4.78, 5) is 20.5. The number of amides is 1. The molecule has 2 aliphatic rings. The molecule has 0 aliphatic carbocycles. The molecule has 26 heavy (non-hydrogen) atoms. The van der Waals surface area contributed by atoms with Gasteiger partial charge in [0.2, 0.25) is 5.91 Å². The van der Waals surface area contributed by atoms with Crippen LogP contribution in [0.3, 0.4) is 0 Å². The van der Waals surface area contributed by atoms with E-state index in [-0.39, 0.29) is 17.9 Å². The zero-order chi connectivity index (χ0) is 18.1. The molecule has 2 aliphatic heterocycles. The van der Waals surface area contributed by atoms with Gasteiger partial charge in [-0.25, -0.2) is 0 Å². The predicted octanol–water partition coefficient (Wildman–Crippen LogP) is 2.38. The lowest BCUT2D eigenvalue weighted by Crippen LogP contribution is -2.29. The van der Waals surface area contributed by atoms with Crippen LogP contribution in [-0.4, -0.2) is 43.0 Å². The van der Waals surface area contributed by atoms with Crippen molar-refractivity contribution >= 4 is 11.6 Å². The topological polar surface area (TPSA) is 48.5 Å². The monoisotopic (exact) mass is 350 g/mol. The lowest BCUT2D eigenvalue weighted by atomic mass is 9.94. The summed E-state index contributed by atoms with van der Waals surface area (Å²) < 4.78 is 0. The van der Waals surface area contributed by atoms with Crippen LogP contribution >= 0.6 is 0 Å². The largest absolute Gasteiger partial charge is 0.374 e. The van der Waals surface area contributed by atoms with E-state index in [1.165, 1.54) is 22.4 Å². The first-order valence-corrected chi connectivity index (χ1v) is 9.32. The van der Waals surface area contributed by atoms with Crippen molar-refractivity contribution in [3.63, 3.8) is 0 Å². The van der Waals surface area contributed by atoms with Crippen molar-refractivity contribution in [2.24, 2.45) is 5.92 Å². The molecule has 1 aromatic heterocycles. The minimum Gasteiger partial charge on any atom is -0.374 e. The molecule has 5 heteroatoms. The molecule has 1 aromatic carbocycles. The summed E-state index contributed by atoms with van der Waals surface area (Å²) in [6.07, 6.45) is 5.34. The summed E-state index contributed by atoms with van der Waals surface area (Å²) in [7, 11) is 4.06. The number of likely N-dealkylation sites (tertiary alicyclic amines) is 1. The average molecular weight is 350 g/mol. The normalized spacial score (nSPS) is 22.2. The van der Waals surface area contributed by atoms with Gasteiger partial charge in [-0.3, -0.25) is 9.78 Å². The number of fused-ring (bicyclic) bond motifs is 1. The maximum atomic E-state index is 12.2. The zero-order valence-electron chi connectivity index (χ0n) is 15.5.